The molecule has 144 valence electrons. The Labute approximate surface area is 173 Å². The fraction of sp³-hybridized carbons (Fsp3) is 0.111. The van der Waals surface area contributed by atoms with Gasteiger partial charge >= 0.3 is 0 Å². The third-order valence-electron chi connectivity index (χ3n) is 3.93. The van der Waals surface area contributed by atoms with Crippen LogP contribution in [0.3, 0.4) is 0 Å². The van der Waals surface area contributed by atoms with E-state index < -0.39 is 9.84 Å². The molecule has 10 heteroatoms. The smallest absolute Gasteiger partial charge is 0.270 e. The number of hydrogen-bond donors (Lipinski definition) is 0. The lowest BCUT2D eigenvalue weighted by Crippen LogP contribution is -2.29. The summed E-state index contributed by atoms with van der Waals surface area (Å²) < 4.78 is 30.2. The minimum atomic E-state index is -3.33. The first kappa shape index (κ1) is 19.1. The van der Waals surface area contributed by atoms with Gasteiger partial charge in [0, 0.05) is 6.26 Å². The number of thiophene rings is 1. The molecule has 0 atom stereocenters. The minimum Gasteiger partial charge on any atom is -0.467 e. The van der Waals surface area contributed by atoms with Gasteiger partial charge in [-0.25, -0.2) is 13.4 Å². The average molecular weight is 453 g/mol. The van der Waals surface area contributed by atoms with E-state index in [1.54, 1.807) is 36.4 Å². The molecule has 0 bridgehead atoms. The molecule has 28 heavy (non-hydrogen) atoms. The normalized spacial score (nSPS) is 11.8. The predicted octanol–water partition coefficient (Wildman–Crippen LogP) is 4.85. The van der Waals surface area contributed by atoms with E-state index in [0.717, 1.165) is 6.26 Å². The van der Waals surface area contributed by atoms with Gasteiger partial charge in [0.2, 0.25) is 0 Å². The van der Waals surface area contributed by atoms with E-state index in [-0.39, 0.29) is 17.3 Å². The van der Waals surface area contributed by atoms with Crippen LogP contribution in [0.4, 0.5) is 5.13 Å². The quantitative estimate of drug-likeness (QED) is 0.432. The molecule has 3 heterocycles. The molecular weight excluding hydrogens is 440 g/mol. The Morgan fingerprint density at radius 3 is 2.68 bits per heavy atom. The largest absolute Gasteiger partial charge is 0.467 e. The summed E-state index contributed by atoms with van der Waals surface area (Å²) in [6, 6.07) is 11.6. The molecule has 0 N–H and O–H groups in total. The molecule has 0 saturated carbocycles. The van der Waals surface area contributed by atoms with Crippen molar-refractivity contribution in [2.24, 2.45) is 0 Å². The molecule has 1 amide bonds. The zero-order valence-electron chi connectivity index (χ0n) is 14.5. The third-order valence-corrected chi connectivity index (χ3v) is 7.30. The molecule has 3 aromatic heterocycles. The number of carbonyl (C=O) groups excluding carboxylic acids is 1. The molecule has 0 spiro atoms. The molecule has 0 saturated heterocycles. The number of amides is 1. The van der Waals surface area contributed by atoms with Crippen LogP contribution < -0.4 is 4.90 Å². The first-order valence-electron chi connectivity index (χ1n) is 8.01. The Morgan fingerprint density at radius 1 is 1.21 bits per heavy atom. The number of carbonyl (C=O) groups is 1. The number of sulfone groups is 1. The summed E-state index contributed by atoms with van der Waals surface area (Å²) in [7, 11) is -3.33. The zero-order valence-corrected chi connectivity index (χ0v) is 17.7. The van der Waals surface area contributed by atoms with E-state index in [4.69, 9.17) is 16.0 Å². The van der Waals surface area contributed by atoms with Gasteiger partial charge in [-0.3, -0.25) is 9.69 Å². The second kappa shape index (κ2) is 7.32. The van der Waals surface area contributed by atoms with Gasteiger partial charge in [0.1, 0.15) is 5.76 Å². The Bertz CT molecular complexity index is 1260. The molecule has 4 aromatic rings. The summed E-state index contributed by atoms with van der Waals surface area (Å²) in [4.78, 5) is 19.8. The number of rotatable bonds is 5. The highest BCUT2D eigenvalue weighted by Crippen LogP contribution is 2.33. The topological polar surface area (TPSA) is 80.5 Å². The molecule has 0 fully saturated rings. The van der Waals surface area contributed by atoms with Gasteiger partial charge in [0.15, 0.2) is 15.0 Å². The molecule has 4 rings (SSSR count). The van der Waals surface area contributed by atoms with Gasteiger partial charge in [-0.15, -0.1) is 11.3 Å². The van der Waals surface area contributed by atoms with E-state index in [9.17, 15) is 13.2 Å². The van der Waals surface area contributed by atoms with Crippen molar-refractivity contribution in [3.05, 3.63) is 63.7 Å². The van der Waals surface area contributed by atoms with Crippen molar-refractivity contribution in [3.63, 3.8) is 0 Å². The van der Waals surface area contributed by atoms with Crippen molar-refractivity contribution in [1.82, 2.24) is 4.98 Å². The number of hydrogen-bond acceptors (Lipinski definition) is 7. The molecule has 0 aliphatic carbocycles. The van der Waals surface area contributed by atoms with Crippen LogP contribution in [0.15, 0.2) is 58.0 Å². The highest BCUT2D eigenvalue weighted by atomic mass is 35.5. The summed E-state index contributed by atoms with van der Waals surface area (Å²) >= 11 is 8.41. The van der Waals surface area contributed by atoms with E-state index in [1.807, 2.05) is 0 Å². The first-order valence-corrected chi connectivity index (χ1v) is 11.9. The Kier molecular flexibility index (Phi) is 5.00. The lowest BCUT2D eigenvalue weighted by Gasteiger charge is -2.17. The zero-order chi connectivity index (χ0) is 19.9. The SMILES string of the molecule is CS(=O)(=O)c1ccc2nc(N(Cc3ccco3)C(=O)c3ccc(Cl)s3)sc2c1. The molecular formula is C18H13ClN2O4S3. The fourth-order valence-electron chi connectivity index (χ4n) is 2.59. The van der Waals surface area contributed by atoms with Crippen LogP contribution in [0.25, 0.3) is 10.2 Å². The van der Waals surface area contributed by atoms with Crippen molar-refractivity contribution in [2.45, 2.75) is 11.4 Å². The Hall–Kier alpha value is -2.20. The van der Waals surface area contributed by atoms with Gasteiger partial charge in [0.05, 0.1) is 37.1 Å². The van der Waals surface area contributed by atoms with Crippen LogP contribution >= 0.6 is 34.3 Å². The van der Waals surface area contributed by atoms with Crippen LogP contribution in [0.1, 0.15) is 15.4 Å². The minimum absolute atomic E-state index is 0.195. The van der Waals surface area contributed by atoms with Crippen LogP contribution in [0.2, 0.25) is 4.34 Å². The van der Waals surface area contributed by atoms with Crippen LogP contribution in [-0.4, -0.2) is 25.6 Å². The highest BCUT2D eigenvalue weighted by Gasteiger charge is 2.24. The van der Waals surface area contributed by atoms with Crippen molar-refractivity contribution in [1.29, 1.82) is 0 Å². The summed E-state index contributed by atoms with van der Waals surface area (Å²) in [6.45, 7) is 0.195. The van der Waals surface area contributed by atoms with Gasteiger partial charge in [-0.05, 0) is 42.5 Å². The van der Waals surface area contributed by atoms with E-state index in [2.05, 4.69) is 4.98 Å². The lowest BCUT2D eigenvalue weighted by molar-refractivity contribution is 0.0987. The summed E-state index contributed by atoms with van der Waals surface area (Å²) in [5.74, 6) is 0.350. The molecule has 0 aliphatic heterocycles. The van der Waals surface area contributed by atoms with Crippen molar-refractivity contribution in [3.8, 4) is 0 Å². The first-order chi connectivity index (χ1) is 13.3. The standard InChI is InChI=1S/C18H13ClN2O4S3/c1-28(23,24)12-4-5-13-15(9-12)27-18(20-13)21(10-11-3-2-8-25-11)17(22)14-6-7-16(19)26-14/h2-9H,10H2,1H3. The Balaban J connectivity index is 1.78. The number of benzene rings is 1. The predicted molar refractivity (Wildman–Crippen MR) is 111 cm³/mol. The number of aromatic nitrogens is 1. The molecule has 1 aromatic carbocycles. The van der Waals surface area contributed by atoms with Gasteiger partial charge in [0.25, 0.3) is 5.91 Å². The summed E-state index contributed by atoms with van der Waals surface area (Å²) in [6.07, 6.45) is 2.69. The second-order valence-electron chi connectivity index (χ2n) is 5.97. The average Bonchev–Trinajstić information content (AvgIpc) is 3.38. The number of furan rings is 1. The maximum absolute atomic E-state index is 13.1. The van der Waals surface area contributed by atoms with Crippen LogP contribution in [-0.2, 0) is 16.4 Å². The molecule has 0 unspecified atom stereocenters. The second-order valence-corrected chi connectivity index (χ2v) is 10.7. The number of anilines is 1. The van der Waals surface area contributed by atoms with Crippen molar-refractivity contribution in [2.75, 3.05) is 11.2 Å². The number of halogens is 1. The van der Waals surface area contributed by atoms with E-state index in [1.165, 1.54) is 39.9 Å². The molecule has 6 nitrogen and oxygen atoms in total. The monoisotopic (exact) mass is 452 g/mol. The number of nitrogens with zero attached hydrogens (tertiary/aromatic N) is 2. The summed E-state index contributed by atoms with van der Waals surface area (Å²) in [5.41, 5.74) is 0.619. The number of fused-ring (bicyclic) bond motifs is 1. The van der Waals surface area contributed by atoms with Gasteiger partial charge in [-0.1, -0.05) is 22.9 Å². The molecule has 0 radical (unpaired) electrons. The maximum atomic E-state index is 13.1. The van der Waals surface area contributed by atoms with Crippen LogP contribution in [0, 0.1) is 0 Å². The fourth-order valence-corrected chi connectivity index (χ4v) is 5.30. The van der Waals surface area contributed by atoms with Crippen molar-refractivity contribution >= 4 is 65.4 Å². The number of thiazole rings is 1. The van der Waals surface area contributed by atoms with Gasteiger partial charge in [-0.2, -0.15) is 0 Å². The third kappa shape index (κ3) is 3.83. The highest BCUT2D eigenvalue weighted by molar-refractivity contribution is 7.90. The molecule has 0 aliphatic rings. The lowest BCUT2D eigenvalue weighted by atomic mass is 10.3. The van der Waals surface area contributed by atoms with Crippen molar-refractivity contribution < 1.29 is 17.6 Å². The maximum Gasteiger partial charge on any atom is 0.270 e. The Morgan fingerprint density at radius 2 is 2.04 bits per heavy atom. The van der Waals surface area contributed by atoms with E-state index in [0.29, 0.717) is 30.3 Å². The summed E-state index contributed by atoms with van der Waals surface area (Å²) in [5, 5.41) is 0.451. The van der Waals surface area contributed by atoms with Crippen LogP contribution in [0.5, 0.6) is 0 Å². The van der Waals surface area contributed by atoms with Gasteiger partial charge < -0.3 is 4.42 Å². The van der Waals surface area contributed by atoms with E-state index >= 15 is 0 Å².